The molecule has 8 heteroatoms. The molecule has 3 rings (SSSR count). The van der Waals surface area contributed by atoms with Crippen molar-refractivity contribution in [1.82, 2.24) is 4.90 Å². The lowest BCUT2D eigenvalue weighted by Crippen LogP contribution is -2.29. The number of ether oxygens (including phenoxy) is 1. The molecule has 27 heavy (non-hydrogen) atoms. The second-order valence-corrected chi connectivity index (χ2v) is 6.37. The number of nitrogens with zero attached hydrogens (tertiary/aromatic N) is 2. The van der Waals surface area contributed by atoms with Gasteiger partial charge in [0.05, 0.1) is 12.0 Å². The summed E-state index contributed by atoms with van der Waals surface area (Å²) in [5.41, 5.74) is 7.14. The van der Waals surface area contributed by atoms with Gasteiger partial charge in [0.1, 0.15) is 0 Å². The Kier molecular flexibility index (Phi) is 6.76. The Morgan fingerprint density at radius 1 is 1.26 bits per heavy atom. The second-order valence-electron chi connectivity index (χ2n) is 6.37. The maximum absolute atomic E-state index is 12.9. The minimum Gasteiger partial charge on any atom is -0.490 e. The summed E-state index contributed by atoms with van der Waals surface area (Å²) in [6.45, 7) is 1.56. The number of benzene rings is 2. The summed E-state index contributed by atoms with van der Waals surface area (Å²) in [6.07, 6.45) is 0. The van der Waals surface area contributed by atoms with Crippen LogP contribution >= 0.6 is 12.4 Å². The highest BCUT2D eigenvalue weighted by Gasteiger charge is 2.36. The monoisotopic (exact) mass is 391 g/mol. The first kappa shape index (κ1) is 20.7. The average Bonchev–Trinajstić information content (AvgIpc) is 3.12. The quantitative estimate of drug-likeness (QED) is 0.624. The van der Waals surface area contributed by atoms with Gasteiger partial charge < -0.3 is 15.4 Å². The first-order chi connectivity index (χ1) is 12.5. The molecule has 0 bridgehead atoms. The molecule has 1 heterocycles. The van der Waals surface area contributed by atoms with E-state index >= 15 is 0 Å². The fourth-order valence-electron chi connectivity index (χ4n) is 3.50. The van der Waals surface area contributed by atoms with E-state index in [4.69, 9.17) is 10.5 Å². The summed E-state index contributed by atoms with van der Waals surface area (Å²) in [4.78, 5) is 25.3. The number of nitro benzene ring substituents is 1. The zero-order chi connectivity index (χ0) is 18.7. The van der Waals surface area contributed by atoms with Gasteiger partial charge in [-0.1, -0.05) is 30.3 Å². The molecule has 0 saturated carbocycles. The van der Waals surface area contributed by atoms with E-state index in [2.05, 4.69) is 0 Å². The van der Waals surface area contributed by atoms with E-state index in [-0.39, 0.29) is 47.2 Å². The number of likely N-dealkylation sites (tertiary alicyclic amines) is 1. The van der Waals surface area contributed by atoms with Crippen LogP contribution < -0.4 is 10.5 Å². The van der Waals surface area contributed by atoms with Crippen molar-refractivity contribution in [2.24, 2.45) is 11.7 Å². The molecule has 0 aliphatic carbocycles. The van der Waals surface area contributed by atoms with Crippen LogP contribution in [0.25, 0.3) is 0 Å². The van der Waals surface area contributed by atoms with Crippen LogP contribution in [0.4, 0.5) is 5.69 Å². The maximum atomic E-state index is 12.9. The van der Waals surface area contributed by atoms with E-state index in [1.165, 1.54) is 19.2 Å². The standard InChI is InChI=1S/C19H21N3O4.ClH/c1-26-18-8-7-14(9-17(18)22(24)25)19(23)21-11-15(10-20)16(12-21)13-5-3-2-4-6-13;/h2-9,15-16H,10-12,20H2,1H3;1H/t15-,16+;/m1./s1. The summed E-state index contributed by atoms with van der Waals surface area (Å²) in [7, 11) is 1.36. The normalized spacial score (nSPS) is 18.7. The molecule has 1 aliphatic rings. The number of nitrogens with two attached hydrogens (primary N) is 1. The van der Waals surface area contributed by atoms with Crippen LogP contribution in [0.5, 0.6) is 5.75 Å². The average molecular weight is 392 g/mol. The molecule has 1 aliphatic heterocycles. The number of carbonyl (C=O) groups is 1. The first-order valence-corrected chi connectivity index (χ1v) is 8.42. The number of hydrogen-bond donors (Lipinski definition) is 1. The number of amides is 1. The third-order valence-corrected chi connectivity index (χ3v) is 4.88. The molecule has 0 unspecified atom stereocenters. The number of methoxy groups -OCH3 is 1. The van der Waals surface area contributed by atoms with Gasteiger partial charge in [0, 0.05) is 30.6 Å². The van der Waals surface area contributed by atoms with Crippen molar-refractivity contribution in [3.63, 3.8) is 0 Å². The molecular weight excluding hydrogens is 370 g/mol. The maximum Gasteiger partial charge on any atom is 0.311 e. The van der Waals surface area contributed by atoms with Crippen molar-refractivity contribution in [1.29, 1.82) is 0 Å². The number of carbonyl (C=O) groups excluding carboxylic acids is 1. The molecule has 2 aromatic carbocycles. The van der Waals surface area contributed by atoms with Crippen LogP contribution in [-0.4, -0.2) is 42.5 Å². The van der Waals surface area contributed by atoms with E-state index in [0.29, 0.717) is 19.6 Å². The fraction of sp³-hybridized carbons (Fsp3) is 0.316. The summed E-state index contributed by atoms with van der Waals surface area (Å²) in [5, 5.41) is 11.2. The molecule has 1 saturated heterocycles. The number of rotatable bonds is 5. The molecular formula is C19H22ClN3O4. The minimum absolute atomic E-state index is 0. The molecule has 1 amide bonds. The summed E-state index contributed by atoms with van der Waals surface area (Å²) in [6, 6.07) is 14.3. The molecule has 1 fully saturated rings. The zero-order valence-corrected chi connectivity index (χ0v) is 15.7. The first-order valence-electron chi connectivity index (χ1n) is 8.42. The van der Waals surface area contributed by atoms with Gasteiger partial charge in [-0.05, 0) is 30.2 Å². The highest BCUT2D eigenvalue weighted by atomic mass is 35.5. The van der Waals surface area contributed by atoms with Gasteiger partial charge in [-0.25, -0.2) is 0 Å². The van der Waals surface area contributed by atoms with Crippen LogP contribution in [-0.2, 0) is 0 Å². The van der Waals surface area contributed by atoms with Crippen LogP contribution in [0.15, 0.2) is 48.5 Å². The predicted molar refractivity (Wildman–Crippen MR) is 105 cm³/mol. The Labute approximate surface area is 163 Å². The molecule has 7 nitrogen and oxygen atoms in total. The topological polar surface area (TPSA) is 98.7 Å². The van der Waals surface area contributed by atoms with Gasteiger partial charge in [0.15, 0.2) is 5.75 Å². The van der Waals surface area contributed by atoms with Gasteiger partial charge >= 0.3 is 5.69 Å². The van der Waals surface area contributed by atoms with Crippen molar-refractivity contribution in [2.75, 3.05) is 26.7 Å². The Balaban J connectivity index is 0.00000261. The van der Waals surface area contributed by atoms with Crippen LogP contribution in [0.3, 0.4) is 0 Å². The molecule has 0 spiro atoms. The van der Waals surface area contributed by atoms with Crippen LogP contribution in [0.2, 0.25) is 0 Å². The van der Waals surface area contributed by atoms with E-state index in [0.717, 1.165) is 5.56 Å². The third-order valence-electron chi connectivity index (χ3n) is 4.88. The summed E-state index contributed by atoms with van der Waals surface area (Å²) < 4.78 is 4.99. The number of hydrogen-bond acceptors (Lipinski definition) is 5. The van der Waals surface area contributed by atoms with Gasteiger partial charge in [-0.15, -0.1) is 12.4 Å². The van der Waals surface area contributed by atoms with Crippen LogP contribution in [0.1, 0.15) is 21.8 Å². The Morgan fingerprint density at radius 2 is 1.96 bits per heavy atom. The van der Waals surface area contributed by atoms with Gasteiger partial charge in [-0.2, -0.15) is 0 Å². The predicted octanol–water partition coefficient (Wildman–Crippen LogP) is 2.84. The molecule has 2 N–H and O–H groups in total. The Hall–Kier alpha value is -2.64. The minimum atomic E-state index is -0.547. The lowest BCUT2D eigenvalue weighted by molar-refractivity contribution is -0.385. The highest BCUT2D eigenvalue weighted by molar-refractivity contribution is 5.95. The smallest absolute Gasteiger partial charge is 0.311 e. The lowest BCUT2D eigenvalue weighted by Gasteiger charge is -2.17. The highest BCUT2D eigenvalue weighted by Crippen LogP contribution is 2.34. The van der Waals surface area contributed by atoms with Gasteiger partial charge in [0.25, 0.3) is 5.91 Å². The van der Waals surface area contributed by atoms with E-state index in [1.54, 1.807) is 11.0 Å². The molecule has 2 aromatic rings. The summed E-state index contributed by atoms with van der Waals surface area (Å²) >= 11 is 0. The van der Waals surface area contributed by atoms with Crippen molar-refractivity contribution < 1.29 is 14.5 Å². The van der Waals surface area contributed by atoms with Crippen molar-refractivity contribution >= 4 is 24.0 Å². The third kappa shape index (κ3) is 4.20. The zero-order valence-electron chi connectivity index (χ0n) is 14.9. The SMILES string of the molecule is COc1ccc(C(=O)N2C[C@@H](CN)[C@H](c3ccccc3)C2)cc1[N+](=O)[O-].Cl. The molecule has 0 radical (unpaired) electrons. The van der Waals surface area contributed by atoms with Gasteiger partial charge in [0.2, 0.25) is 0 Å². The largest absolute Gasteiger partial charge is 0.490 e. The van der Waals surface area contributed by atoms with E-state index in [9.17, 15) is 14.9 Å². The number of nitro groups is 1. The molecule has 2 atom stereocenters. The fourth-order valence-corrected chi connectivity index (χ4v) is 3.50. The van der Waals surface area contributed by atoms with E-state index < -0.39 is 4.92 Å². The van der Waals surface area contributed by atoms with Crippen LogP contribution in [0, 0.1) is 16.0 Å². The summed E-state index contributed by atoms with van der Waals surface area (Å²) in [5.74, 6) is 0.232. The van der Waals surface area contributed by atoms with Crippen molar-refractivity contribution in [3.8, 4) is 5.75 Å². The van der Waals surface area contributed by atoms with E-state index in [1.807, 2.05) is 30.3 Å². The Morgan fingerprint density at radius 3 is 2.56 bits per heavy atom. The van der Waals surface area contributed by atoms with Gasteiger partial charge in [-0.3, -0.25) is 14.9 Å². The van der Waals surface area contributed by atoms with Crippen molar-refractivity contribution in [3.05, 3.63) is 69.8 Å². The lowest BCUT2D eigenvalue weighted by atomic mass is 9.89. The second kappa shape index (κ2) is 8.83. The molecule has 0 aromatic heterocycles. The number of halogens is 1. The Bertz CT molecular complexity index is 816. The molecule has 144 valence electrons. The van der Waals surface area contributed by atoms with Crippen molar-refractivity contribution in [2.45, 2.75) is 5.92 Å².